The molecule has 6 N–H and O–H groups in total. The zero-order valence-electron chi connectivity index (χ0n) is 38.1. The van der Waals surface area contributed by atoms with Crippen molar-refractivity contribution >= 4 is 5.78 Å². The van der Waals surface area contributed by atoms with E-state index in [9.17, 15) is 15.3 Å². The fourth-order valence-corrected chi connectivity index (χ4v) is 16.8. The Bertz CT molecular complexity index is 2000. The van der Waals surface area contributed by atoms with E-state index in [0.717, 1.165) is 108 Å². The third-order valence-electron chi connectivity index (χ3n) is 20.4. The fourth-order valence-electron chi connectivity index (χ4n) is 16.8. The maximum atomic E-state index is 15.3. The molecule has 6 aliphatic carbocycles. The first kappa shape index (κ1) is 42.5. The number of carbonyl (C=O) groups excluding carboxylic acids is 1. The van der Waals surface area contributed by atoms with Gasteiger partial charge in [0.05, 0.1) is 23.1 Å². The van der Waals surface area contributed by atoms with E-state index in [0.29, 0.717) is 31.2 Å². The van der Waals surface area contributed by atoms with E-state index >= 15 is 4.79 Å². The van der Waals surface area contributed by atoms with Gasteiger partial charge in [-0.2, -0.15) is 0 Å². The van der Waals surface area contributed by atoms with Crippen LogP contribution in [0.15, 0.2) is 65.0 Å². The Balaban J connectivity index is 1.06. The van der Waals surface area contributed by atoms with Crippen molar-refractivity contribution in [2.75, 3.05) is 13.2 Å². The van der Waals surface area contributed by atoms with Gasteiger partial charge in [-0.1, -0.05) is 83.9 Å². The van der Waals surface area contributed by atoms with Crippen molar-refractivity contribution in [2.45, 2.75) is 179 Å². The second kappa shape index (κ2) is 14.5. The molecule has 1 aromatic rings. The van der Waals surface area contributed by atoms with Crippen LogP contribution in [-0.2, 0) is 20.7 Å². The summed E-state index contributed by atoms with van der Waals surface area (Å²) in [5.74, 6) is 1.48. The standard InChI is InChI=1S/C53H76N2O6/c1-32-20-25-60-52(29-32,46-45(61-46)50(6,58)47(2,3)23-18-34-19-24-55-41(54)26-34)40-27-36-16-17-38-43-42(49(5)39(44(38)57)28-37(56)31-51(49)21-10-11-22-51)35(30-48(40,4)53(36,43)59)15-14-33-12-8-7-9-13-33/h7-9,12-13,19,26,32,35-37,39-40,42,45-46,55-56,58-59H,10-11,14-18,20-25,27-31,54H2,1-6H3. The first-order valence-electron chi connectivity index (χ1n) is 24.6. The number of hydrogen-bond acceptors (Lipinski definition) is 8. The van der Waals surface area contributed by atoms with Crippen molar-refractivity contribution in [3.8, 4) is 0 Å². The van der Waals surface area contributed by atoms with Gasteiger partial charge < -0.3 is 35.8 Å². The van der Waals surface area contributed by atoms with E-state index in [1.165, 1.54) is 11.1 Å². The molecule has 3 aliphatic heterocycles. The predicted octanol–water partition coefficient (Wildman–Crippen LogP) is 8.48. The molecule has 0 amide bonds. The monoisotopic (exact) mass is 837 g/mol. The van der Waals surface area contributed by atoms with E-state index in [-0.39, 0.29) is 52.3 Å². The number of ketones is 1. The van der Waals surface area contributed by atoms with Gasteiger partial charge in [-0.25, -0.2) is 0 Å². The van der Waals surface area contributed by atoms with Gasteiger partial charge >= 0.3 is 0 Å². The summed E-state index contributed by atoms with van der Waals surface area (Å²) in [5.41, 5.74) is 6.27. The minimum atomic E-state index is -1.14. The minimum absolute atomic E-state index is 0.0130. The number of hydrogen-bond donors (Lipinski definition) is 5. The van der Waals surface area contributed by atoms with Crippen molar-refractivity contribution in [1.29, 1.82) is 0 Å². The molecule has 9 aliphatic rings. The van der Waals surface area contributed by atoms with Crippen LogP contribution in [0.4, 0.5) is 0 Å². The van der Waals surface area contributed by atoms with Gasteiger partial charge in [-0.15, -0.1) is 0 Å². The van der Waals surface area contributed by atoms with E-state index in [1.54, 1.807) is 0 Å². The number of aryl methyl sites for hydroxylation is 1. The summed E-state index contributed by atoms with van der Waals surface area (Å²) in [7, 11) is 0. The van der Waals surface area contributed by atoms with Crippen LogP contribution < -0.4 is 11.1 Å². The van der Waals surface area contributed by atoms with Crippen molar-refractivity contribution < 1.29 is 29.6 Å². The highest BCUT2D eigenvalue weighted by atomic mass is 16.6. The van der Waals surface area contributed by atoms with Crippen molar-refractivity contribution in [2.24, 2.45) is 62.9 Å². The minimum Gasteiger partial charge on any atom is -0.393 e. The average Bonchev–Trinajstić information content (AvgIpc) is 3.86. The number of dihydropyridines is 1. The highest BCUT2D eigenvalue weighted by molar-refractivity contribution is 6.00. The molecule has 334 valence electrons. The third-order valence-corrected chi connectivity index (χ3v) is 20.4. The molecule has 2 saturated heterocycles. The van der Waals surface area contributed by atoms with Crippen LogP contribution in [0.5, 0.6) is 0 Å². The Kier molecular flexibility index (Phi) is 10.1. The molecule has 4 saturated carbocycles. The molecule has 3 heterocycles. The van der Waals surface area contributed by atoms with E-state index in [4.69, 9.17) is 15.2 Å². The van der Waals surface area contributed by atoms with Crippen LogP contribution in [0.3, 0.4) is 0 Å². The second-order valence-corrected chi connectivity index (χ2v) is 23.5. The van der Waals surface area contributed by atoms with Gasteiger partial charge in [0, 0.05) is 24.5 Å². The summed E-state index contributed by atoms with van der Waals surface area (Å²) in [5, 5.41) is 41.8. The van der Waals surface area contributed by atoms with Crippen LogP contribution in [0.25, 0.3) is 0 Å². The summed E-state index contributed by atoms with van der Waals surface area (Å²) in [6.07, 6.45) is 17.3. The van der Waals surface area contributed by atoms with Gasteiger partial charge in [0.15, 0.2) is 5.78 Å². The van der Waals surface area contributed by atoms with E-state index < -0.39 is 39.8 Å². The number of rotatable bonds is 10. The normalized spacial score (nSPS) is 44.7. The number of epoxide rings is 1. The summed E-state index contributed by atoms with van der Waals surface area (Å²) < 4.78 is 14.3. The molecule has 61 heavy (non-hydrogen) atoms. The molecular formula is C53H76N2O6. The third kappa shape index (κ3) is 6.02. The topological polar surface area (TPSA) is 138 Å². The molecule has 0 radical (unpaired) electrons. The quantitative estimate of drug-likeness (QED) is 0.148. The lowest BCUT2D eigenvalue weighted by Gasteiger charge is -2.69. The number of aliphatic hydroxyl groups is 3. The first-order chi connectivity index (χ1) is 28.9. The number of carbonyl (C=O) groups is 1. The zero-order chi connectivity index (χ0) is 43.0. The number of nitrogens with one attached hydrogen (secondary N) is 1. The Labute approximate surface area is 365 Å². The number of aliphatic hydroxyl groups excluding tert-OH is 1. The van der Waals surface area contributed by atoms with E-state index in [2.05, 4.69) is 76.3 Å². The van der Waals surface area contributed by atoms with Crippen molar-refractivity contribution in [3.05, 3.63) is 70.6 Å². The molecular weight excluding hydrogens is 761 g/mol. The lowest BCUT2D eigenvalue weighted by atomic mass is 9.35. The molecule has 0 aromatic heterocycles. The molecule has 14 atom stereocenters. The molecule has 10 rings (SSSR count). The van der Waals surface area contributed by atoms with Crippen molar-refractivity contribution in [3.63, 3.8) is 0 Å². The maximum absolute atomic E-state index is 15.3. The van der Waals surface area contributed by atoms with Crippen LogP contribution in [0, 0.1) is 57.2 Å². The molecule has 1 spiro atoms. The lowest BCUT2D eigenvalue weighted by molar-refractivity contribution is -0.217. The number of fused-ring (bicyclic) bond motifs is 3. The zero-order valence-corrected chi connectivity index (χ0v) is 38.1. The van der Waals surface area contributed by atoms with Crippen molar-refractivity contribution in [1.82, 2.24) is 5.32 Å². The highest BCUT2D eigenvalue weighted by Crippen LogP contribution is 2.79. The van der Waals surface area contributed by atoms with Crippen LogP contribution in [-0.4, -0.2) is 69.4 Å². The fraction of sp³-hybridized carbons (Fsp3) is 0.755. The lowest BCUT2D eigenvalue weighted by Crippen LogP contribution is -2.70. The van der Waals surface area contributed by atoms with Gasteiger partial charge in [0.2, 0.25) is 0 Å². The molecule has 14 unspecified atom stereocenters. The largest absolute Gasteiger partial charge is 0.393 e. The first-order valence-corrected chi connectivity index (χ1v) is 24.6. The molecule has 1 aromatic carbocycles. The maximum Gasteiger partial charge on any atom is 0.162 e. The second-order valence-electron chi connectivity index (χ2n) is 23.5. The Morgan fingerprint density at radius 2 is 1.75 bits per heavy atom. The summed E-state index contributed by atoms with van der Waals surface area (Å²) >= 11 is 0. The summed E-state index contributed by atoms with van der Waals surface area (Å²) in [6.45, 7) is 14.9. The summed E-state index contributed by atoms with van der Waals surface area (Å²) in [4.78, 5) is 15.3. The van der Waals surface area contributed by atoms with Gasteiger partial charge in [-0.05, 0) is 171 Å². The predicted molar refractivity (Wildman–Crippen MR) is 238 cm³/mol. The Morgan fingerprint density at radius 1 is 1.00 bits per heavy atom. The molecule has 6 fully saturated rings. The number of ether oxygens (including phenoxy) is 2. The smallest absolute Gasteiger partial charge is 0.162 e. The number of benzene rings is 1. The van der Waals surface area contributed by atoms with Gasteiger partial charge in [-0.3, -0.25) is 4.79 Å². The van der Waals surface area contributed by atoms with Gasteiger partial charge in [0.25, 0.3) is 0 Å². The van der Waals surface area contributed by atoms with Crippen LogP contribution in [0.2, 0.25) is 0 Å². The molecule has 8 heteroatoms. The summed E-state index contributed by atoms with van der Waals surface area (Å²) in [6, 6.07) is 10.9. The number of allylic oxidation sites excluding steroid dienone is 3. The SMILES string of the molecule is CC1CCOC(C2OC2C(C)(O)C(C)(C)CCC2=CCNC(N)=C2)(C2CC3CCC4=C5C(C(CCc6ccccc6)CC2(C)C53O)C2(C)C(CC(O)CC23CCCC3)C4=O)C1. The van der Waals surface area contributed by atoms with Gasteiger partial charge in [0.1, 0.15) is 17.8 Å². The number of nitrogens with two attached hydrogens (primary N) is 1. The van der Waals surface area contributed by atoms with Crippen LogP contribution >= 0.6 is 0 Å². The van der Waals surface area contributed by atoms with Crippen LogP contribution in [0.1, 0.15) is 143 Å². The number of Topliss-reactive ketones (excluding diaryl/α,β-unsaturated/α-hetero) is 1. The average molecular weight is 837 g/mol. The van der Waals surface area contributed by atoms with E-state index in [1.807, 2.05) is 13.0 Å². The Hall–Kier alpha value is -2.49. The molecule has 0 bridgehead atoms. The molecule has 8 nitrogen and oxygen atoms in total. The Morgan fingerprint density at radius 3 is 2.48 bits per heavy atom. The highest BCUT2D eigenvalue weighted by Gasteiger charge is 2.80.